The molecule has 0 unspecified atom stereocenters. The number of aromatic nitrogens is 1. The monoisotopic (exact) mass is 269 g/mol. The Balaban J connectivity index is 2.28. The molecule has 0 saturated heterocycles. The van der Waals surface area contributed by atoms with Gasteiger partial charge in [0.25, 0.3) is 5.91 Å². The Hall–Kier alpha value is -2.36. The molecule has 2 N–H and O–H groups in total. The zero-order valence-corrected chi connectivity index (χ0v) is 12.0. The molecule has 1 amide bonds. The van der Waals surface area contributed by atoms with E-state index in [4.69, 9.17) is 0 Å². The van der Waals surface area contributed by atoms with Crippen molar-refractivity contribution in [3.63, 3.8) is 0 Å². The predicted molar refractivity (Wildman–Crippen MR) is 82.3 cm³/mol. The summed E-state index contributed by atoms with van der Waals surface area (Å²) >= 11 is 0. The Morgan fingerprint density at radius 2 is 1.90 bits per heavy atom. The van der Waals surface area contributed by atoms with Crippen molar-refractivity contribution in [3.05, 3.63) is 53.7 Å². The minimum Gasteiger partial charge on any atom is -0.372 e. The van der Waals surface area contributed by atoms with Gasteiger partial charge < -0.3 is 10.6 Å². The zero-order valence-electron chi connectivity index (χ0n) is 12.0. The van der Waals surface area contributed by atoms with E-state index in [0.717, 1.165) is 11.3 Å². The van der Waals surface area contributed by atoms with Gasteiger partial charge in [-0.15, -0.1) is 0 Å². The molecule has 0 radical (unpaired) electrons. The number of carbonyl (C=O) groups is 1. The van der Waals surface area contributed by atoms with E-state index in [1.165, 1.54) is 0 Å². The van der Waals surface area contributed by atoms with Crippen LogP contribution in [0, 0.1) is 0 Å². The Kier molecular flexibility index (Phi) is 4.35. The zero-order chi connectivity index (χ0) is 14.5. The highest BCUT2D eigenvalue weighted by molar-refractivity contribution is 6.07. The van der Waals surface area contributed by atoms with E-state index in [9.17, 15) is 4.79 Å². The van der Waals surface area contributed by atoms with Gasteiger partial charge in [0.2, 0.25) is 0 Å². The van der Waals surface area contributed by atoms with Crippen LogP contribution in [0.4, 0.5) is 11.5 Å². The Labute approximate surface area is 119 Å². The van der Waals surface area contributed by atoms with Gasteiger partial charge in [-0.2, -0.15) is 0 Å². The maximum absolute atomic E-state index is 12.4. The number of nitrogens with one attached hydrogen (secondary N) is 2. The Bertz CT molecular complexity index is 608. The lowest BCUT2D eigenvalue weighted by molar-refractivity contribution is 0.102. The number of rotatable bonds is 4. The maximum atomic E-state index is 12.4. The van der Waals surface area contributed by atoms with Gasteiger partial charge in [0.05, 0.1) is 5.56 Å². The van der Waals surface area contributed by atoms with Crippen LogP contribution in [0.2, 0.25) is 0 Å². The fourth-order valence-corrected chi connectivity index (χ4v) is 2.09. The Morgan fingerprint density at radius 3 is 2.60 bits per heavy atom. The lowest BCUT2D eigenvalue weighted by Gasteiger charge is -2.14. The molecule has 2 rings (SSSR count). The second-order valence-electron chi connectivity index (χ2n) is 4.85. The van der Waals surface area contributed by atoms with Gasteiger partial charge in [-0.3, -0.25) is 4.79 Å². The van der Waals surface area contributed by atoms with Gasteiger partial charge >= 0.3 is 0 Å². The molecule has 104 valence electrons. The summed E-state index contributed by atoms with van der Waals surface area (Å²) in [5.41, 5.74) is 2.50. The third-order valence-electron chi connectivity index (χ3n) is 3.12. The molecule has 4 nitrogen and oxygen atoms in total. The van der Waals surface area contributed by atoms with E-state index in [0.29, 0.717) is 17.3 Å². The van der Waals surface area contributed by atoms with Gasteiger partial charge in [0.1, 0.15) is 5.82 Å². The number of benzene rings is 1. The van der Waals surface area contributed by atoms with E-state index in [1.54, 1.807) is 25.4 Å². The quantitative estimate of drug-likeness (QED) is 0.893. The predicted octanol–water partition coefficient (Wildman–Crippen LogP) is 3.50. The summed E-state index contributed by atoms with van der Waals surface area (Å²) in [6.45, 7) is 4.21. The lowest BCUT2D eigenvalue weighted by atomic mass is 10.0. The first-order chi connectivity index (χ1) is 9.63. The van der Waals surface area contributed by atoms with Gasteiger partial charge in [0, 0.05) is 18.9 Å². The van der Waals surface area contributed by atoms with Gasteiger partial charge in [-0.05, 0) is 29.7 Å². The highest BCUT2D eigenvalue weighted by Gasteiger charge is 2.14. The lowest BCUT2D eigenvalue weighted by Crippen LogP contribution is -2.16. The minimum absolute atomic E-state index is 0.157. The summed E-state index contributed by atoms with van der Waals surface area (Å²) < 4.78 is 0. The highest BCUT2D eigenvalue weighted by atomic mass is 16.1. The molecule has 2 aromatic rings. The third kappa shape index (κ3) is 2.96. The minimum atomic E-state index is -0.157. The maximum Gasteiger partial charge on any atom is 0.259 e. The topological polar surface area (TPSA) is 54.0 Å². The number of pyridine rings is 1. The first kappa shape index (κ1) is 14.1. The van der Waals surface area contributed by atoms with Crippen LogP contribution in [0.25, 0.3) is 0 Å². The highest BCUT2D eigenvalue weighted by Crippen LogP contribution is 2.24. The molecule has 0 aliphatic heterocycles. The molecule has 0 aliphatic carbocycles. The van der Waals surface area contributed by atoms with Gasteiger partial charge in [0.15, 0.2) is 0 Å². The van der Waals surface area contributed by atoms with Crippen molar-refractivity contribution in [3.8, 4) is 0 Å². The average molecular weight is 269 g/mol. The van der Waals surface area contributed by atoms with Crippen LogP contribution >= 0.6 is 0 Å². The van der Waals surface area contributed by atoms with E-state index in [-0.39, 0.29) is 5.91 Å². The van der Waals surface area contributed by atoms with Crippen molar-refractivity contribution in [2.45, 2.75) is 19.8 Å². The average Bonchev–Trinajstić information content (AvgIpc) is 2.47. The van der Waals surface area contributed by atoms with E-state index in [1.807, 2.05) is 24.3 Å². The largest absolute Gasteiger partial charge is 0.372 e. The summed E-state index contributed by atoms with van der Waals surface area (Å²) in [6.07, 6.45) is 1.66. The van der Waals surface area contributed by atoms with Crippen molar-refractivity contribution in [1.82, 2.24) is 4.98 Å². The SMILES string of the molecule is CNc1ncccc1C(=O)Nc1ccccc1C(C)C. The van der Waals surface area contributed by atoms with Crippen molar-refractivity contribution >= 4 is 17.4 Å². The third-order valence-corrected chi connectivity index (χ3v) is 3.12. The van der Waals surface area contributed by atoms with Crippen LogP contribution < -0.4 is 10.6 Å². The number of para-hydroxylation sites is 1. The molecule has 0 atom stereocenters. The van der Waals surface area contributed by atoms with E-state index in [2.05, 4.69) is 29.5 Å². The van der Waals surface area contributed by atoms with Crippen LogP contribution in [0.5, 0.6) is 0 Å². The van der Waals surface area contributed by atoms with Crippen LogP contribution in [0.15, 0.2) is 42.6 Å². The summed E-state index contributed by atoms with van der Waals surface area (Å²) in [5.74, 6) is 0.770. The van der Waals surface area contributed by atoms with Crippen molar-refractivity contribution in [2.75, 3.05) is 17.7 Å². The molecular weight excluding hydrogens is 250 g/mol. The van der Waals surface area contributed by atoms with Crippen molar-refractivity contribution in [2.24, 2.45) is 0 Å². The molecule has 0 bridgehead atoms. The summed E-state index contributed by atoms with van der Waals surface area (Å²) in [4.78, 5) is 16.5. The van der Waals surface area contributed by atoms with Gasteiger partial charge in [-0.25, -0.2) is 4.98 Å². The molecule has 4 heteroatoms. The first-order valence-corrected chi connectivity index (χ1v) is 6.66. The Morgan fingerprint density at radius 1 is 1.15 bits per heavy atom. The fraction of sp³-hybridized carbons (Fsp3) is 0.250. The number of nitrogens with zero attached hydrogens (tertiary/aromatic N) is 1. The second-order valence-corrected chi connectivity index (χ2v) is 4.85. The summed E-state index contributed by atoms with van der Waals surface area (Å²) in [6, 6.07) is 11.4. The number of amides is 1. The smallest absolute Gasteiger partial charge is 0.259 e. The fourth-order valence-electron chi connectivity index (χ4n) is 2.09. The number of hydrogen-bond donors (Lipinski definition) is 2. The molecule has 1 aromatic heterocycles. The van der Waals surface area contributed by atoms with Crippen LogP contribution in [-0.4, -0.2) is 17.9 Å². The van der Waals surface area contributed by atoms with Crippen molar-refractivity contribution in [1.29, 1.82) is 0 Å². The van der Waals surface area contributed by atoms with Crippen LogP contribution in [-0.2, 0) is 0 Å². The summed E-state index contributed by atoms with van der Waals surface area (Å²) in [7, 11) is 1.75. The van der Waals surface area contributed by atoms with Crippen LogP contribution in [0.3, 0.4) is 0 Å². The number of anilines is 2. The normalized spacial score (nSPS) is 10.4. The van der Waals surface area contributed by atoms with E-state index >= 15 is 0 Å². The number of hydrogen-bond acceptors (Lipinski definition) is 3. The van der Waals surface area contributed by atoms with Crippen LogP contribution in [0.1, 0.15) is 35.7 Å². The molecule has 1 heterocycles. The first-order valence-electron chi connectivity index (χ1n) is 6.66. The molecule has 0 fully saturated rings. The standard InChI is InChI=1S/C16H19N3O/c1-11(2)12-7-4-5-9-14(12)19-16(20)13-8-6-10-18-15(13)17-3/h4-11H,1-3H3,(H,17,18)(H,19,20). The second kappa shape index (κ2) is 6.19. The molecule has 0 aliphatic rings. The molecular formula is C16H19N3O. The van der Waals surface area contributed by atoms with Crippen molar-refractivity contribution < 1.29 is 4.79 Å². The van der Waals surface area contributed by atoms with Gasteiger partial charge in [-0.1, -0.05) is 32.0 Å². The number of carbonyl (C=O) groups excluding carboxylic acids is 1. The molecule has 20 heavy (non-hydrogen) atoms. The molecule has 1 aromatic carbocycles. The molecule has 0 saturated carbocycles. The molecule has 0 spiro atoms. The van der Waals surface area contributed by atoms with E-state index < -0.39 is 0 Å². The summed E-state index contributed by atoms with van der Waals surface area (Å²) in [5, 5.41) is 5.89.